The number of carboxylic acid groups (broad SMARTS) is 1. The molecule has 0 unspecified atom stereocenters. The van der Waals surface area contributed by atoms with Crippen LogP contribution in [0.2, 0.25) is 0 Å². The molecule has 1 atom stereocenters. The fourth-order valence-corrected chi connectivity index (χ4v) is 1.43. The number of methoxy groups -OCH3 is 1. The molecule has 108 valence electrons. The fraction of sp³-hybridized carbons (Fsp3) is 0.308. The molecule has 6 nitrogen and oxygen atoms in total. The first kappa shape index (κ1) is 15.6. The molecule has 0 aliphatic carbocycles. The molecule has 0 aliphatic heterocycles. The first-order valence-electron chi connectivity index (χ1n) is 5.71. The topological polar surface area (TPSA) is 92.7 Å². The Bertz CT molecular complexity index is 544. The van der Waals surface area contributed by atoms with Crippen molar-refractivity contribution in [3.05, 3.63) is 35.1 Å². The van der Waals surface area contributed by atoms with Crippen molar-refractivity contribution in [2.75, 3.05) is 7.11 Å². The number of nitrogens with one attached hydrogen (secondary N) is 1. The zero-order chi connectivity index (χ0) is 15.3. The van der Waals surface area contributed by atoms with Crippen molar-refractivity contribution in [3.8, 4) is 0 Å². The molecule has 1 aromatic rings. The van der Waals surface area contributed by atoms with Gasteiger partial charge in [0, 0.05) is 5.56 Å². The first-order valence-corrected chi connectivity index (χ1v) is 5.71. The smallest absolute Gasteiger partial charge is 0.326 e. The van der Waals surface area contributed by atoms with Gasteiger partial charge >= 0.3 is 11.9 Å². The van der Waals surface area contributed by atoms with Crippen LogP contribution in [0.3, 0.4) is 0 Å². The predicted octanol–water partition coefficient (Wildman–Crippen LogP) is 0.880. The predicted molar refractivity (Wildman–Crippen MR) is 66.7 cm³/mol. The van der Waals surface area contributed by atoms with Gasteiger partial charge in [0.1, 0.15) is 11.9 Å². The highest BCUT2D eigenvalue weighted by molar-refractivity contribution is 5.97. The Hall–Kier alpha value is -2.44. The zero-order valence-electron chi connectivity index (χ0n) is 11.0. The molecule has 1 amide bonds. The van der Waals surface area contributed by atoms with Crippen LogP contribution in [-0.2, 0) is 14.3 Å². The van der Waals surface area contributed by atoms with Gasteiger partial charge in [0.15, 0.2) is 0 Å². The molecule has 0 spiro atoms. The second kappa shape index (κ2) is 6.65. The Morgan fingerprint density at radius 3 is 2.55 bits per heavy atom. The van der Waals surface area contributed by atoms with Gasteiger partial charge < -0.3 is 15.2 Å². The van der Waals surface area contributed by atoms with Gasteiger partial charge in [-0.1, -0.05) is 6.07 Å². The third kappa shape index (κ3) is 4.04. The summed E-state index contributed by atoms with van der Waals surface area (Å²) in [6.45, 7) is 1.54. The van der Waals surface area contributed by atoms with Gasteiger partial charge in [0.05, 0.1) is 13.5 Å². The summed E-state index contributed by atoms with van der Waals surface area (Å²) in [6, 6.07) is 2.34. The molecule has 0 saturated heterocycles. The third-order valence-corrected chi connectivity index (χ3v) is 2.64. The molecule has 20 heavy (non-hydrogen) atoms. The summed E-state index contributed by atoms with van der Waals surface area (Å²) in [6.07, 6.45) is -0.508. The van der Waals surface area contributed by atoms with Crippen LogP contribution in [-0.4, -0.2) is 36.1 Å². The molecular formula is C13H14FNO5. The standard InChI is InChI=1S/C13H14FNO5/c1-7-3-4-8(5-9(7)14)12(17)15-10(13(18)19)6-11(16)20-2/h3-5,10H,6H2,1-2H3,(H,15,17)(H,18,19)/t10-/m0/s1. The van der Waals surface area contributed by atoms with E-state index in [1.807, 2.05) is 0 Å². The lowest BCUT2D eigenvalue weighted by molar-refractivity contribution is -0.147. The van der Waals surface area contributed by atoms with E-state index in [9.17, 15) is 18.8 Å². The summed E-state index contributed by atoms with van der Waals surface area (Å²) < 4.78 is 17.7. The van der Waals surface area contributed by atoms with Gasteiger partial charge in [-0.05, 0) is 24.6 Å². The van der Waals surface area contributed by atoms with Crippen LogP contribution in [0.5, 0.6) is 0 Å². The molecule has 1 aromatic carbocycles. The van der Waals surface area contributed by atoms with Crippen molar-refractivity contribution in [2.24, 2.45) is 0 Å². The molecule has 0 aromatic heterocycles. The number of hydrogen-bond acceptors (Lipinski definition) is 4. The Labute approximate surface area is 114 Å². The number of carbonyl (C=O) groups excluding carboxylic acids is 2. The monoisotopic (exact) mass is 283 g/mol. The van der Waals surface area contributed by atoms with Crippen molar-refractivity contribution in [2.45, 2.75) is 19.4 Å². The van der Waals surface area contributed by atoms with Gasteiger partial charge in [0.25, 0.3) is 5.91 Å². The van der Waals surface area contributed by atoms with Crippen LogP contribution in [0, 0.1) is 12.7 Å². The van der Waals surface area contributed by atoms with Crippen molar-refractivity contribution in [1.82, 2.24) is 5.32 Å². The van der Waals surface area contributed by atoms with Crippen LogP contribution >= 0.6 is 0 Å². The van der Waals surface area contributed by atoms with E-state index < -0.39 is 36.1 Å². The van der Waals surface area contributed by atoms with E-state index in [0.717, 1.165) is 13.2 Å². The number of esters is 1. The number of halogens is 1. The fourth-order valence-electron chi connectivity index (χ4n) is 1.43. The van der Waals surface area contributed by atoms with E-state index in [1.54, 1.807) is 0 Å². The van der Waals surface area contributed by atoms with Crippen LogP contribution in [0.1, 0.15) is 22.3 Å². The number of aryl methyl sites for hydroxylation is 1. The minimum Gasteiger partial charge on any atom is -0.480 e. The molecule has 0 radical (unpaired) electrons. The molecule has 0 saturated carbocycles. The number of carbonyl (C=O) groups is 3. The van der Waals surface area contributed by atoms with Crippen LogP contribution in [0.25, 0.3) is 0 Å². The summed E-state index contributed by atoms with van der Waals surface area (Å²) in [5.74, 6) is -3.50. The van der Waals surface area contributed by atoms with E-state index in [2.05, 4.69) is 10.1 Å². The van der Waals surface area contributed by atoms with Crippen molar-refractivity contribution in [3.63, 3.8) is 0 Å². The Kier molecular flexibility index (Phi) is 5.19. The van der Waals surface area contributed by atoms with E-state index in [-0.39, 0.29) is 5.56 Å². The Morgan fingerprint density at radius 2 is 2.05 bits per heavy atom. The number of ether oxygens (including phenoxy) is 1. The number of rotatable bonds is 5. The number of carboxylic acids is 1. The molecule has 0 bridgehead atoms. The maximum atomic E-state index is 13.3. The summed E-state index contributed by atoms with van der Waals surface area (Å²) in [5, 5.41) is 11.1. The van der Waals surface area contributed by atoms with Gasteiger partial charge in [0.2, 0.25) is 0 Å². The normalized spacial score (nSPS) is 11.6. The van der Waals surface area contributed by atoms with Crippen molar-refractivity contribution in [1.29, 1.82) is 0 Å². The number of amides is 1. The largest absolute Gasteiger partial charge is 0.480 e. The van der Waals surface area contributed by atoms with E-state index in [1.165, 1.54) is 19.1 Å². The first-order chi connectivity index (χ1) is 9.35. The SMILES string of the molecule is COC(=O)C[C@H](NC(=O)c1ccc(C)c(F)c1)C(=O)O. The molecule has 0 aliphatic rings. The number of benzene rings is 1. The zero-order valence-corrected chi connectivity index (χ0v) is 11.0. The molecule has 2 N–H and O–H groups in total. The quantitative estimate of drug-likeness (QED) is 0.782. The third-order valence-electron chi connectivity index (χ3n) is 2.64. The maximum absolute atomic E-state index is 13.3. The Morgan fingerprint density at radius 1 is 1.40 bits per heavy atom. The van der Waals surface area contributed by atoms with E-state index in [4.69, 9.17) is 5.11 Å². The number of hydrogen-bond donors (Lipinski definition) is 2. The molecule has 0 fully saturated rings. The molecule has 1 rings (SSSR count). The highest BCUT2D eigenvalue weighted by atomic mass is 19.1. The average Bonchev–Trinajstić information content (AvgIpc) is 2.40. The highest BCUT2D eigenvalue weighted by Gasteiger charge is 2.24. The minimum absolute atomic E-state index is 0.0239. The van der Waals surface area contributed by atoms with Gasteiger partial charge in [-0.2, -0.15) is 0 Å². The maximum Gasteiger partial charge on any atom is 0.326 e. The van der Waals surface area contributed by atoms with Crippen molar-refractivity contribution >= 4 is 17.8 Å². The lowest BCUT2D eigenvalue weighted by atomic mass is 10.1. The van der Waals surface area contributed by atoms with E-state index >= 15 is 0 Å². The molecule has 0 heterocycles. The molecular weight excluding hydrogens is 269 g/mol. The summed E-state index contributed by atoms with van der Waals surface area (Å²) in [5.41, 5.74) is 0.343. The highest BCUT2D eigenvalue weighted by Crippen LogP contribution is 2.09. The molecule has 7 heteroatoms. The summed E-state index contributed by atoms with van der Waals surface area (Å²) >= 11 is 0. The van der Waals surface area contributed by atoms with E-state index in [0.29, 0.717) is 5.56 Å². The second-order valence-corrected chi connectivity index (χ2v) is 4.11. The van der Waals surface area contributed by atoms with Gasteiger partial charge in [-0.15, -0.1) is 0 Å². The van der Waals surface area contributed by atoms with Gasteiger partial charge in [-0.25, -0.2) is 9.18 Å². The average molecular weight is 283 g/mol. The Balaban J connectivity index is 2.82. The van der Waals surface area contributed by atoms with Crippen LogP contribution < -0.4 is 5.32 Å². The minimum atomic E-state index is -1.43. The lowest BCUT2D eigenvalue weighted by Crippen LogP contribution is -2.42. The van der Waals surface area contributed by atoms with Crippen LogP contribution in [0.4, 0.5) is 4.39 Å². The lowest BCUT2D eigenvalue weighted by Gasteiger charge is -2.13. The second-order valence-electron chi connectivity index (χ2n) is 4.11. The van der Waals surface area contributed by atoms with Crippen LogP contribution in [0.15, 0.2) is 18.2 Å². The van der Waals surface area contributed by atoms with Gasteiger partial charge in [-0.3, -0.25) is 9.59 Å². The number of aliphatic carboxylic acids is 1. The summed E-state index contributed by atoms with van der Waals surface area (Å²) in [7, 11) is 1.11. The summed E-state index contributed by atoms with van der Waals surface area (Å²) in [4.78, 5) is 33.8. The van der Waals surface area contributed by atoms with Crippen molar-refractivity contribution < 1.29 is 28.6 Å².